The van der Waals surface area contributed by atoms with E-state index in [1.165, 1.54) is 18.2 Å². The lowest BCUT2D eigenvalue weighted by molar-refractivity contribution is 0.553. The van der Waals surface area contributed by atoms with Crippen molar-refractivity contribution in [2.75, 3.05) is 0 Å². The van der Waals surface area contributed by atoms with E-state index in [1.807, 2.05) is 32.0 Å². The number of halogens is 3. The Labute approximate surface area is 117 Å². The van der Waals surface area contributed by atoms with Gasteiger partial charge in [0.2, 0.25) is 0 Å². The Morgan fingerprint density at radius 2 is 1.68 bits per heavy atom. The molecule has 19 heavy (non-hydrogen) atoms. The van der Waals surface area contributed by atoms with Crippen molar-refractivity contribution in [2.24, 2.45) is 0 Å². The van der Waals surface area contributed by atoms with Gasteiger partial charge in [0.05, 0.1) is 5.38 Å². The van der Waals surface area contributed by atoms with Gasteiger partial charge in [-0.1, -0.05) is 29.8 Å². The zero-order valence-corrected chi connectivity index (χ0v) is 11.6. The van der Waals surface area contributed by atoms with Crippen LogP contribution in [-0.2, 0) is 6.42 Å². The molecular weight excluding hydrogens is 266 g/mol. The predicted octanol–water partition coefficient (Wildman–Crippen LogP) is 5.10. The second-order valence-corrected chi connectivity index (χ2v) is 5.26. The van der Waals surface area contributed by atoms with Crippen LogP contribution in [0, 0.1) is 25.5 Å². The normalized spacial score (nSPS) is 12.5. The van der Waals surface area contributed by atoms with E-state index in [1.54, 1.807) is 0 Å². The molecule has 0 nitrogen and oxygen atoms in total. The molecule has 0 N–H and O–H groups in total. The van der Waals surface area contributed by atoms with Crippen LogP contribution in [0.5, 0.6) is 0 Å². The Hall–Kier alpha value is -1.41. The summed E-state index contributed by atoms with van der Waals surface area (Å²) in [4.78, 5) is 0. The summed E-state index contributed by atoms with van der Waals surface area (Å²) in [6, 6.07) is 9.75. The van der Waals surface area contributed by atoms with Crippen molar-refractivity contribution >= 4 is 11.6 Å². The van der Waals surface area contributed by atoms with Gasteiger partial charge in [0, 0.05) is 5.56 Å². The minimum Gasteiger partial charge on any atom is -0.207 e. The summed E-state index contributed by atoms with van der Waals surface area (Å²) in [6.07, 6.45) is 0.143. The van der Waals surface area contributed by atoms with Gasteiger partial charge in [-0.05, 0) is 43.5 Å². The Balaban J connectivity index is 2.28. The maximum absolute atomic E-state index is 13.6. The summed E-state index contributed by atoms with van der Waals surface area (Å²) in [6.45, 7) is 3.95. The van der Waals surface area contributed by atoms with Gasteiger partial charge in [0.15, 0.2) is 0 Å². The minimum absolute atomic E-state index is 0.0440. The van der Waals surface area contributed by atoms with E-state index in [0.717, 1.165) is 16.7 Å². The van der Waals surface area contributed by atoms with E-state index < -0.39 is 17.0 Å². The van der Waals surface area contributed by atoms with Crippen LogP contribution in [0.4, 0.5) is 8.78 Å². The summed E-state index contributed by atoms with van der Waals surface area (Å²) >= 11 is 6.31. The second kappa shape index (κ2) is 5.70. The molecule has 2 aromatic carbocycles. The first-order valence-electron chi connectivity index (χ1n) is 6.13. The van der Waals surface area contributed by atoms with E-state index >= 15 is 0 Å². The molecule has 2 rings (SSSR count). The standard InChI is InChI=1S/C16H15ClF2/c1-10-6-7-12(11(2)8-10)14(17)9-13-15(18)4-3-5-16(13)19/h3-8,14H,9H2,1-2H3. The molecule has 1 unspecified atom stereocenters. The van der Waals surface area contributed by atoms with Crippen molar-refractivity contribution in [1.29, 1.82) is 0 Å². The Kier molecular flexibility index (Phi) is 4.20. The largest absolute Gasteiger partial charge is 0.207 e. The molecule has 0 fully saturated rings. The summed E-state index contributed by atoms with van der Waals surface area (Å²) in [7, 11) is 0. The Morgan fingerprint density at radius 3 is 2.26 bits per heavy atom. The third-order valence-corrected chi connectivity index (χ3v) is 3.60. The zero-order valence-electron chi connectivity index (χ0n) is 10.9. The number of aryl methyl sites for hydroxylation is 2. The highest BCUT2D eigenvalue weighted by molar-refractivity contribution is 6.21. The van der Waals surface area contributed by atoms with Gasteiger partial charge in [-0.25, -0.2) is 8.78 Å². The van der Waals surface area contributed by atoms with Crippen molar-refractivity contribution in [2.45, 2.75) is 25.6 Å². The molecule has 3 heteroatoms. The van der Waals surface area contributed by atoms with Gasteiger partial charge in [-0.3, -0.25) is 0 Å². The monoisotopic (exact) mass is 280 g/mol. The molecular formula is C16H15ClF2. The van der Waals surface area contributed by atoms with E-state index in [-0.39, 0.29) is 12.0 Å². The molecule has 0 spiro atoms. The topological polar surface area (TPSA) is 0 Å². The highest BCUT2D eigenvalue weighted by atomic mass is 35.5. The molecule has 0 radical (unpaired) electrons. The van der Waals surface area contributed by atoms with Gasteiger partial charge < -0.3 is 0 Å². The molecule has 0 saturated carbocycles. The first kappa shape index (κ1) is 14.0. The summed E-state index contributed by atoms with van der Waals surface area (Å²) in [5.74, 6) is -1.09. The number of hydrogen-bond donors (Lipinski definition) is 0. The first-order chi connectivity index (χ1) is 8.99. The fourth-order valence-corrected chi connectivity index (χ4v) is 2.59. The lowest BCUT2D eigenvalue weighted by Gasteiger charge is -2.14. The Morgan fingerprint density at radius 1 is 1.05 bits per heavy atom. The summed E-state index contributed by atoms with van der Waals surface area (Å²) in [5.41, 5.74) is 3.14. The van der Waals surface area contributed by atoms with Crippen LogP contribution in [0.3, 0.4) is 0 Å². The quantitative estimate of drug-likeness (QED) is 0.686. The molecule has 1 atom stereocenters. The van der Waals surface area contributed by atoms with Gasteiger partial charge in [-0.15, -0.1) is 11.6 Å². The first-order valence-corrected chi connectivity index (χ1v) is 6.57. The molecule has 0 aliphatic heterocycles. The zero-order chi connectivity index (χ0) is 14.0. The molecule has 0 saturated heterocycles. The number of alkyl halides is 1. The summed E-state index contributed by atoms with van der Waals surface area (Å²) < 4.78 is 27.2. The minimum atomic E-state index is -0.546. The number of benzene rings is 2. The maximum Gasteiger partial charge on any atom is 0.129 e. The highest BCUT2D eigenvalue weighted by Gasteiger charge is 2.16. The number of rotatable bonds is 3. The van der Waals surface area contributed by atoms with Crippen molar-refractivity contribution in [3.8, 4) is 0 Å². The molecule has 0 amide bonds. The summed E-state index contributed by atoms with van der Waals surface area (Å²) in [5, 5.41) is -0.438. The third-order valence-electron chi connectivity index (χ3n) is 3.21. The average molecular weight is 281 g/mol. The van der Waals surface area contributed by atoms with Crippen LogP contribution < -0.4 is 0 Å². The maximum atomic E-state index is 13.6. The molecule has 100 valence electrons. The van der Waals surface area contributed by atoms with Crippen molar-refractivity contribution < 1.29 is 8.78 Å². The second-order valence-electron chi connectivity index (χ2n) is 4.73. The smallest absolute Gasteiger partial charge is 0.129 e. The molecule has 0 aliphatic rings. The van der Waals surface area contributed by atoms with Crippen LogP contribution in [0.25, 0.3) is 0 Å². The van der Waals surface area contributed by atoms with Crippen molar-refractivity contribution in [3.63, 3.8) is 0 Å². The molecule has 2 aromatic rings. The van der Waals surface area contributed by atoms with Crippen molar-refractivity contribution in [3.05, 3.63) is 70.3 Å². The third kappa shape index (κ3) is 3.13. The van der Waals surface area contributed by atoms with Crippen LogP contribution in [0.1, 0.15) is 27.6 Å². The van der Waals surface area contributed by atoms with Gasteiger partial charge in [-0.2, -0.15) is 0 Å². The van der Waals surface area contributed by atoms with E-state index in [2.05, 4.69) is 0 Å². The van der Waals surface area contributed by atoms with E-state index in [0.29, 0.717) is 0 Å². The van der Waals surface area contributed by atoms with Gasteiger partial charge in [0.1, 0.15) is 11.6 Å². The van der Waals surface area contributed by atoms with Crippen LogP contribution >= 0.6 is 11.6 Å². The fraction of sp³-hybridized carbons (Fsp3) is 0.250. The molecule has 0 bridgehead atoms. The Bertz CT molecular complexity index is 573. The number of hydrogen-bond acceptors (Lipinski definition) is 0. The lowest BCUT2D eigenvalue weighted by atomic mass is 9.98. The molecule has 0 heterocycles. The SMILES string of the molecule is Cc1ccc(C(Cl)Cc2c(F)cccc2F)c(C)c1. The van der Waals surface area contributed by atoms with Gasteiger partial charge >= 0.3 is 0 Å². The van der Waals surface area contributed by atoms with E-state index in [9.17, 15) is 8.78 Å². The van der Waals surface area contributed by atoms with Gasteiger partial charge in [0.25, 0.3) is 0 Å². The van der Waals surface area contributed by atoms with Crippen LogP contribution in [0.2, 0.25) is 0 Å². The molecule has 0 aliphatic carbocycles. The van der Waals surface area contributed by atoms with E-state index in [4.69, 9.17) is 11.6 Å². The van der Waals surface area contributed by atoms with Crippen molar-refractivity contribution in [1.82, 2.24) is 0 Å². The average Bonchev–Trinajstić information content (AvgIpc) is 2.33. The molecule has 0 aromatic heterocycles. The lowest BCUT2D eigenvalue weighted by Crippen LogP contribution is -2.03. The fourth-order valence-electron chi connectivity index (χ4n) is 2.19. The van der Waals surface area contributed by atoms with Crippen LogP contribution in [0.15, 0.2) is 36.4 Å². The highest BCUT2D eigenvalue weighted by Crippen LogP contribution is 2.29. The predicted molar refractivity (Wildman–Crippen MR) is 74.6 cm³/mol. The van der Waals surface area contributed by atoms with Crippen LogP contribution in [-0.4, -0.2) is 0 Å².